The molecule has 0 spiro atoms. The van der Waals surface area contributed by atoms with E-state index in [-0.39, 0.29) is 12.5 Å². The highest BCUT2D eigenvalue weighted by molar-refractivity contribution is 6.09. The van der Waals surface area contributed by atoms with Crippen molar-refractivity contribution in [1.29, 1.82) is 0 Å². The summed E-state index contributed by atoms with van der Waals surface area (Å²) in [7, 11) is 0. The van der Waals surface area contributed by atoms with Crippen LogP contribution in [0.3, 0.4) is 0 Å². The van der Waals surface area contributed by atoms with Crippen molar-refractivity contribution in [2.24, 2.45) is 17.6 Å². The average molecular weight is 402 g/mol. The van der Waals surface area contributed by atoms with Crippen molar-refractivity contribution in [3.8, 4) is 0 Å². The maximum Gasteiger partial charge on any atom is 0.253 e. The van der Waals surface area contributed by atoms with Crippen LogP contribution in [0.1, 0.15) is 26.7 Å². The number of primary amides is 1. The average Bonchev–Trinajstić information content (AvgIpc) is 3.46. The van der Waals surface area contributed by atoms with E-state index >= 15 is 0 Å². The minimum Gasteiger partial charge on any atom is -0.370 e. The number of rotatable bonds is 9. The Morgan fingerprint density at radius 3 is 2.52 bits per heavy atom. The molecule has 1 aromatic rings. The van der Waals surface area contributed by atoms with E-state index in [1.165, 1.54) is 0 Å². The smallest absolute Gasteiger partial charge is 0.253 e. The van der Waals surface area contributed by atoms with Crippen molar-refractivity contribution in [2.45, 2.75) is 32.7 Å². The molecule has 2 aliphatic rings. The molecule has 1 heterocycles. The second-order valence-electron chi connectivity index (χ2n) is 8.23. The van der Waals surface area contributed by atoms with Crippen molar-refractivity contribution in [3.63, 3.8) is 0 Å². The molecule has 8 nitrogen and oxygen atoms in total. The number of nitrogens with one attached hydrogen (secondary N) is 1. The van der Waals surface area contributed by atoms with Gasteiger partial charge in [-0.25, -0.2) is 0 Å². The largest absolute Gasteiger partial charge is 0.370 e. The normalized spacial score (nSPS) is 18.2. The van der Waals surface area contributed by atoms with Gasteiger partial charge in [-0.3, -0.25) is 19.3 Å². The van der Waals surface area contributed by atoms with Crippen LogP contribution in [0.25, 0.3) is 0 Å². The van der Waals surface area contributed by atoms with Gasteiger partial charge in [0.25, 0.3) is 11.8 Å². The fraction of sp³-hybridized carbons (Fsp3) is 0.571. The van der Waals surface area contributed by atoms with Crippen molar-refractivity contribution < 1.29 is 19.1 Å². The fourth-order valence-electron chi connectivity index (χ4n) is 3.59. The number of amides is 3. The maximum atomic E-state index is 12.9. The van der Waals surface area contributed by atoms with Gasteiger partial charge >= 0.3 is 0 Å². The van der Waals surface area contributed by atoms with Gasteiger partial charge in [-0.15, -0.1) is 0 Å². The lowest BCUT2D eigenvalue weighted by atomic mass is 10.1. The van der Waals surface area contributed by atoms with E-state index in [4.69, 9.17) is 10.5 Å². The van der Waals surface area contributed by atoms with Crippen LogP contribution in [0.2, 0.25) is 0 Å². The minimum absolute atomic E-state index is 0.0749. The molecule has 0 bridgehead atoms. The van der Waals surface area contributed by atoms with Crippen LogP contribution in [-0.4, -0.2) is 61.5 Å². The highest BCUT2D eigenvalue weighted by Gasteiger charge is 2.35. The quantitative estimate of drug-likeness (QED) is 0.604. The predicted molar refractivity (Wildman–Crippen MR) is 110 cm³/mol. The SMILES string of the molecule is CC(C)CN(CC1CC1)[C@@H](C(N)=O)C(=O)Nc1ccc(N2CCOCC2=O)cc1. The summed E-state index contributed by atoms with van der Waals surface area (Å²) in [6.07, 6.45) is 2.26. The predicted octanol–water partition coefficient (Wildman–Crippen LogP) is 1.21. The summed E-state index contributed by atoms with van der Waals surface area (Å²) in [5, 5.41) is 2.80. The number of benzene rings is 1. The summed E-state index contributed by atoms with van der Waals surface area (Å²) in [6, 6.07) is 5.99. The Labute approximate surface area is 171 Å². The molecule has 0 aromatic heterocycles. The number of carbonyl (C=O) groups is 3. The number of nitrogens with zero attached hydrogens (tertiary/aromatic N) is 2. The molecule has 1 saturated heterocycles. The molecular weight excluding hydrogens is 372 g/mol. The minimum atomic E-state index is -1.00. The zero-order chi connectivity index (χ0) is 21.0. The van der Waals surface area contributed by atoms with Crippen LogP contribution >= 0.6 is 0 Å². The molecule has 8 heteroatoms. The van der Waals surface area contributed by atoms with E-state index in [1.54, 1.807) is 29.2 Å². The Morgan fingerprint density at radius 1 is 1.28 bits per heavy atom. The molecule has 1 saturated carbocycles. The first kappa shape index (κ1) is 21.3. The third-order valence-corrected chi connectivity index (χ3v) is 5.10. The second kappa shape index (κ2) is 9.37. The van der Waals surface area contributed by atoms with E-state index in [9.17, 15) is 14.4 Å². The van der Waals surface area contributed by atoms with E-state index in [0.29, 0.717) is 43.8 Å². The Bertz CT molecular complexity index is 742. The first-order chi connectivity index (χ1) is 13.8. The number of nitrogens with two attached hydrogens (primary N) is 1. The van der Waals surface area contributed by atoms with Crippen LogP contribution in [0.5, 0.6) is 0 Å². The van der Waals surface area contributed by atoms with Gasteiger partial charge in [0.05, 0.1) is 6.61 Å². The standard InChI is InChI=1S/C21H30N4O4/c1-14(2)11-24(12-15-3-4-15)19(20(22)27)21(28)23-16-5-7-17(8-6-16)25-9-10-29-13-18(25)26/h5-8,14-15,19H,3-4,9-13H2,1-2H3,(H2,22,27)(H,23,28)/t19-/m0/s1. The Balaban J connectivity index is 1.68. The molecule has 0 radical (unpaired) electrons. The van der Waals surface area contributed by atoms with Gasteiger partial charge in [0.1, 0.15) is 6.61 Å². The molecule has 1 aliphatic heterocycles. The van der Waals surface area contributed by atoms with Crippen molar-refractivity contribution in [1.82, 2.24) is 4.90 Å². The number of morpholine rings is 1. The van der Waals surface area contributed by atoms with Gasteiger partial charge in [-0.05, 0) is 48.9 Å². The number of carbonyl (C=O) groups excluding carboxylic acids is 3. The van der Waals surface area contributed by atoms with Crippen LogP contribution in [0.15, 0.2) is 24.3 Å². The monoisotopic (exact) mass is 402 g/mol. The highest BCUT2D eigenvalue weighted by Crippen LogP contribution is 2.30. The molecule has 1 aromatic carbocycles. The summed E-state index contributed by atoms with van der Waals surface area (Å²) in [6.45, 7) is 6.53. The van der Waals surface area contributed by atoms with Gasteiger partial charge in [0, 0.05) is 31.0 Å². The Kier molecular flexibility index (Phi) is 6.87. The van der Waals surface area contributed by atoms with Crippen molar-refractivity contribution in [3.05, 3.63) is 24.3 Å². The molecule has 3 rings (SSSR count). The van der Waals surface area contributed by atoms with Crippen molar-refractivity contribution in [2.75, 3.05) is 43.1 Å². The second-order valence-corrected chi connectivity index (χ2v) is 8.23. The molecule has 3 amide bonds. The molecular formula is C21H30N4O4. The van der Waals surface area contributed by atoms with Gasteiger partial charge < -0.3 is 20.7 Å². The van der Waals surface area contributed by atoms with Crippen LogP contribution in [0.4, 0.5) is 11.4 Å². The Hall–Kier alpha value is -2.45. The molecule has 3 N–H and O–H groups in total. The first-order valence-corrected chi connectivity index (χ1v) is 10.2. The molecule has 29 heavy (non-hydrogen) atoms. The van der Waals surface area contributed by atoms with Gasteiger partial charge in [0.15, 0.2) is 6.04 Å². The summed E-state index contributed by atoms with van der Waals surface area (Å²) in [5.41, 5.74) is 6.91. The summed E-state index contributed by atoms with van der Waals surface area (Å²) in [4.78, 5) is 40.5. The van der Waals surface area contributed by atoms with Crippen LogP contribution in [-0.2, 0) is 19.1 Å². The van der Waals surface area contributed by atoms with Crippen LogP contribution < -0.4 is 16.0 Å². The van der Waals surface area contributed by atoms with Gasteiger partial charge in [-0.1, -0.05) is 13.8 Å². The molecule has 1 atom stereocenters. The number of anilines is 2. The number of hydrogen-bond donors (Lipinski definition) is 2. The number of ether oxygens (including phenoxy) is 1. The van der Waals surface area contributed by atoms with E-state index in [1.807, 2.05) is 4.90 Å². The third kappa shape index (κ3) is 5.77. The maximum absolute atomic E-state index is 12.9. The van der Waals surface area contributed by atoms with E-state index in [0.717, 1.165) is 18.5 Å². The lowest BCUT2D eigenvalue weighted by molar-refractivity contribution is -0.133. The third-order valence-electron chi connectivity index (χ3n) is 5.10. The van der Waals surface area contributed by atoms with Crippen molar-refractivity contribution >= 4 is 29.1 Å². The van der Waals surface area contributed by atoms with E-state index < -0.39 is 17.9 Å². The summed E-state index contributed by atoms with van der Waals surface area (Å²) in [5.74, 6) is -0.304. The zero-order valence-corrected chi connectivity index (χ0v) is 17.1. The summed E-state index contributed by atoms with van der Waals surface area (Å²) < 4.78 is 5.14. The van der Waals surface area contributed by atoms with Gasteiger partial charge in [0.2, 0.25) is 5.91 Å². The fourth-order valence-corrected chi connectivity index (χ4v) is 3.59. The molecule has 1 aliphatic carbocycles. The number of hydrogen-bond acceptors (Lipinski definition) is 5. The lowest BCUT2D eigenvalue weighted by Gasteiger charge is -2.30. The Morgan fingerprint density at radius 2 is 1.97 bits per heavy atom. The molecule has 158 valence electrons. The van der Waals surface area contributed by atoms with Gasteiger partial charge in [-0.2, -0.15) is 0 Å². The lowest BCUT2D eigenvalue weighted by Crippen LogP contribution is -2.53. The topological polar surface area (TPSA) is 105 Å². The first-order valence-electron chi connectivity index (χ1n) is 10.2. The molecule has 0 unspecified atom stereocenters. The zero-order valence-electron chi connectivity index (χ0n) is 17.1. The highest BCUT2D eigenvalue weighted by atomic mass is 16.5. The summed E-state index contributed by atoms with van der Waals surface area (Å²) >= 11 is 0. The van der Waals surface area contributed by atoms with Crippen LogP contribution in [0, 0.1) is 11.8 Å². The van der Waals surface area contributed by atoms with E-state index in [2.05, 4.69) is 19.2 Å². The molecule has 2 fully saturated rings.